The van der Waals surface area contributed by atoms with Crippen molar-refractivity contribution in [3.05, 3.63) is 82.4 Å². The van der Waals surface area contributed by atoms with Gasteiger partial charge in [-0.2, -0.15) is 13.2 Å². The second-order valence-corrected chi connectivity index (χ2v) is 10.9. The number of hydrogen-bond donors (Lipinski definition) is 3. The average molecular weight is 601 g/mol. The molecule has 1 fully saturated rings. The number of carbonyl (C=O) groups excluding carboxylic acids is 1. The van der Waals surface area contributed by atoms with Crippen molar-refractivity contribution in [2.45, 2.75) is 19.6 Å². The van der Waals surface area contributed by atoms with Crippen molar-refractivity contribution < 1.29 is 22.4 Å². The molecule has 0 radical (unpaired) electrons. The molecule has 14 heteroatoms. The molecule has 2 aromatic heterocycles. The van der Waals surface area contributed by atoms with Crippen LogP contribution in [0.1, 0.15) is 26.6 Å². The number of amides is 1. The zero-order valence-electron chi connectivity index (χ0n) is 22.8. The number of anilines is 5. The Bertz CT molecular complexity index is 1570. The summed E-state index contributed by atoms with van der Waals surface area (Å²) in [7, 11) is 2.00. The van der Waals surface area contributed by atoms with Gasteiger partial charge in [0, 0.05) is 44.5 Å². The summed E-state index contributed by atoms with van der Waals surface area (Å²) in [5.74, 6) is -0.123. The van der Waals surface area contributed by atoms with Gasteiger partial charge in [-0.15, -0.1) is 0 Å². The molecule has 1 aliphatic rings. The minimum absolute atomic E-state index is 0.0496. The summed E-state index contributed by atoms with van der Waals surface area (Å²) in [5, 5.41) is 8.78. The van der Waals surface area contributed by atoms with E-state index in [0.717, 1.165) is 30.5 Å². The predicted molar refractivity (Wildman–Crippen MR) is 154 cm³/mol. The number of alkyl halides is 3. The first-order valence-electron chi connectivity index (χ1n) is 13.1. The highest BCUT2D eigenvalue weighted by atomic mass is 32.1. The van der Waals surface area contributed by atoms with Crippen LogP contribution >= 0.6 is 11.3 Å². The monoisotopic (exact) mass is 600 g/mol. The van der Waals surface area contributed by atoms with Crippen molar-refractivity contribution in [1.82, 2.24) is 24.8 Å². The van der Waals surface area contributed by atoms with Gasteiger partial charge in [0.15, 0.2) is 5.13 Å². The first kappa shape index (κ1) is 29.4. The summed E-state index contributed by atoms with van der Waals surface area (Å²) < 4.78 is 55.9. The molecule has 2 aromatic carbocycles. The van der Waals surface area contributed by atoms with E-state index in [-0.39, 0.29) is 34.2 Å². The largest absolute Gasteiger partial charge is 0.416 e. The van der Waals surface area contributed by atoms with E-state index >= 15 is 0 Å². The van der Waals surface area contributed by atoms with Crippen LogP contribution in [0, 0.1) is 12.7 Å². The number of benzene rings is 2. The molecule has 4 aromatic rings. The van der Waals surface area contributed by atoms with Crippen LogP contribution in [-0.2, 0) is 12.7 Å². The summed E-state index contributed by atoms with van der Waals surface area (Å²) in [6.45, 7) is 4.91. The van der Waals surface area contributed by atoms with Crippen LogP contribution in [0.5, 0.6) is 0 Å². The second-order valence-electron chi connectivity index (χ2n) is 9.85. The van der Waals surface area contributed by atoms with Gasteiger partial charge >= 0.3 is 6.18 Å². The Balaban J connectivity index is 1.29. The summed E-state index contributed by atoms with van der Waals surface area (Å²) in [6.07, 6.45) is -3.17. The Morgan fingerprint density at radius 2 is 1.71 bits per heavy atom. The van der Waals surface area contributed by atoms with Crippen LogP contribution in [0.25, 0.3) is 0 Å². The zero-order valence-corrected chi connectivity index (χ0v) is 23.6. The van der Waals surface area contributed by atoms with Gasteiger partial charge in [-0.05, 0) is 43.8 Å². The van der Waals surface area contributed by atoms with Crippen LogP contribution in [-0.4, -0.2) is 63.9 Å². The van der Waals surface area contributed by atoms with Gasteiger partial charge in [0.1, 0.15) is 28.2 Å². The van der Waals surface area contributed by atoms with Gasteiger partial charge in [-0.3, -0.25) is 9.69 Å². The molecular formula is C28H28F4N8OS. The van der Waals surface area contributed by atoms with Gasteiger partial charge in [0.05, 0.1) is 17.4 Å². The Morgan fingerprint density at radius 3 is 2.43 bits per heavy atom. The van der Waals surface area contributed by atoms with Gasteiger partial charge in [-0.25, -0.2) is 19.3 Å². The molecule has 5 rings (SSSR count). The Kier molecular flexibility index (Phi) is 8.66. The molecule has 3 heterocycles. The highest BCUT2D eigenvalue weighted by Gasteiger charge is 2.34. The van der Waals surface area contributed by atoms with Crippen LogP contribution < -0.4 is 16.0 Å². The number of aryl methyl sites for hydroxylation is 1. The molecule has 0 atom stereocenters. The number of nitrogens with zero attached hydrogens (tertiary/aromatic N) is 5. The number of para-hydroxylation sites is 1. The molecule has 0 aliphatic carbocycles. The van der Waals surface area contributed by atoms with E-state index in [1.165, 1.54) is 36.5 Å². The van der Waals surface area contributed by atoms with E-state index in [1.807, 2.05) is 11.9 Å². The number of carbonyl (C=O) groups is 1. The van der Waals surface area contributed by atoms with Crippen LogP contribution in [0.15, 0.2) is 54.7 Å². The topological polar surface area (TPSA) is 98.3 Å². The van der Waals surface area contributed by atoms with Crippen LogP contribution in [0.4, 0.5) is 45.7 Å². The summed E-state index contributed by atoms with van der Waals surface area (Å²) in [5.41, 5.74) is -0.194. The molecule has 220 valence electrons. The third kappa shape index (κ3) is 7.38. The number of likely N-dealkylation sites (N-methyl/N-ethyl adjacent to an activating group) is 1. The fourth-order valence-corrected chi connectivity index (χ4v) is 5.16. The van der Waals surface area contributed by atoms with Crippen LogP contribution in [0.3, 0.4) is 0 Å². The molecule has 1 saturated heterocycles. The predicted octanol–water partition coefficient (Wildman–Crippen LogP) is 5.89. The van der Waals surface area contributed by atoms with E-state index in [1.54, 1.807) is 19.1 Å². The zero-order chi connectivity index (χ0) is 29.9. The molecule has 1 amide bonds. The first-order chi connectivity index (χ1) is 20.0. The Hall–Kier alpha value is -4.14. The molecule has 0 saturated carbocycles. The summed E-state index contributed by atoms with van der Waals surface area (Å²) in [6, 6.07) is 11.5. The molecule has 3 N–H and O–H groups in total. The highest BCUT2D eigenvalue weighted by Crippen LogP contribution is 2.35. The Labute approximate surface area is 243 Å². The maximum absolute atomic E-state index is 14.0. The number of piperazine rings is 1. The molecule has 0 bridgehead atoms. The number of rotatable bonds is 8. The van der Waals surface area contributed by atoms with Crippen molar-refractivity contribution in [3.8, 4) is 0 Å². The lowest BCUT2D eigenvalue weighted by Gasteiger charge is -2.33. The normalized spacial score (nSPS) is 14.5. The molecule has 1 aliphatic heterocycles. The lowest BCUT2D eigenvalue weighted by atomic mass is 10.0. The van der Waals surface area contributed by atoms with Crippen molar-refractivity contribution in [2.24, 2.45) is 0 Å². The quantitative estimate of drug-likeness (QED) is 0.216. The second kappa shape index (κ2) is 12.4. The first-order valence-corrected chi connectivity index (χ1v) is 13.9. The highest BCUT2D eigenvalue weighted by molar-refractivity contribution is 7.17. The van der Waals surface area contributed by atoms with Crippen molar-refractivity contribution in [3.63, 3.8) is 0 Å². The number of halogens is 4. The lowest BCUT2D eigenvalue weighted by Crippen LogP contribution is -2.44. The Morgan fingerprint density at radius 1 is 1.00 bits per heavy atom. The van der Waals surface area contributed by atoms with E-state index in [4.69, 9.17) is 0 Å². The molecule has 0 unspecified atom stereocenters. The fourth-order valence-electron chi connectivity index (χ4n) is 4.44. The van der Waals surface area contributed by atoms with E-state index < -0.39 is 23.5 Å². The van der Waals surface area contributed by atoms with E-state index in [9.17, 15) is 22.4 Å². The number of thiazole rings is 1. The minimum atomic E-state index is -4.52. The fraction of sp³-hybridized carbons (Fsp3) is 0.286. The van der Waals surface area contributed by atoms with Crippen molar-refractivity contribution in [1.29, 1.82) is 0 Å². The molecule has 42 heavy (non-hydrogen) atoms. The number of hydrogen-bond acceptors (Lipinski definition) is 9. The standard InChI is InChI=1S/C28H28F4N8OS/c1-17-34-24(36-19-8-7-18(20(13-19)28(30,31)32)16-40-11-9-39(2)10-12-40)14-25(35-17)38-27-33-15-23(42-27)26(41)37-22-6-4-3-5-21(22)29/h3-8,13-15H,9-12,16H2,1-2H3,(H,37,41)(H2,33,34,35,36,38). The smallest absolute Gasteiger partial charge is 0.340 e. The van der Waals surface area contributed by atoms with Crippen molar-refractivity contribution in [2.75, 3.05) is 49.2 Å². The third-order valence-electron chi connectivity index (χ3n) is 6.60. The van der Waals surface area contributed by atoms with E-state index in [0.29, 0.717) is 29.9 Å². The lowest BCUT2D eigenvalue weighted by molar-refractivity contribution is -0.138. The molecular weight excluding hydrogens is 572 g/mol. The maximum atomic E-state index is 14.0. The number of aromatic nitrogens is 3. The van der Waals surface area contributed by atoms with Crippen molar-refractivity contribution >= 4 is 45.4 Å². The summed E-state index contributed by atoms with van der Waals surface area (Å²) >= 11 is 1.03. The maximum Gasteiger partial charge on any atom is 0.416 e. The molecule has 9 nitrogen and oxygen atoms in total. The SMILES string of the molecule is Cc1nc(Nc2ccc(CN3CCN(C)CC3)c(C(F)(F)F)c2)cc(Nc2ncc(C(=O)Nc3ccccc3F)s2)n1. The van der Waals surface area contributed by atoms with Gasteiger partial charge in [0.25, 0.3) is 5.91 Å². The average Bonchev–Trinajstić information content (AvgIpc) is 3.40. The van der Waals surface area contributed by atoms with Gasteiger partial charge < -0.3 is 20.9 Å². The van der Waals surface area contributed by atoms with E-state index in [2.05, 4.69) is 35.8 Å². The van der Waals surface area contributed by atoms with Gasteiger partial charge in [-0.1, -0.05) is 29.5 Å². The number of nitrogens with one attached hydrogen (secondary N) is 3. The van der Waals surface area contributed by atoms with Crippen LogP contribution in [0.2, 0.25) is 0 Å². The summed E-state index contributed by atoms with van der Waals surface area (Å²) in [4.78, 5) is 29.7. The molecule has 0 spiro atoms. The third-order valence-corrected chi connectivity index (χ3v) is 7.51. The minimum Gasteiger partial charge on any atom is -0.340 e. The van der Waals surface area contributed by atoms with Gasteiger partial charge in [0.2, 0.25) is 0 Å².